The van der Waals surface area contributed by atoms with Crippen LogP contribution in [0.3, 0.4) is 0 Å². The van der Waals surface area contributed by atoms with Crippen molar-refractivity contribution in [2.45, 2.75) is 30.4 Å². The molecule has 1 atom stereocenters. The van der Waals surface area contributed by atoms with Gasteiger partial charge in [0.2, 0.25) is 0 Å². The molecule has 3 N–H and O–H groups in total. The van der Waals surface area contributed by atoms with Crippen LogP contribution in [0, 0.1) is 0 Å². The van der Waals surface area contributed by atoms with Crippen LogP contribution < -0.4 is 10.7 Å². The summed E-state index contributed by atoms with van der Waals surface area (Å²) < 4.78 is 1.90. The quantitative estimate of drug-likeness (QED) is 0.115. The second kappa shape index (κ2) is 11.7. The lowest BCUT2D eigenvalue weighted by Crippen LogP contribution is -2.27. The van der Waals surface area contributed by atoms with Crippen molar-refractivity contribution in [3.63, 3.8) is 0 Å². The number of fused-ring (bicyclic) bond motifs is 1. The number of aromatic hydroxyl groups is 1. The van der Waals surface area contributed by atoms with E-state index in [4.69, 9.17) is 11.6 Å². The highest BCUT2D eigenvalue weighted by Gasteiger charge is 2.19. The number of hydrazone groups is 1. The van der Waals surface area contributed by atoms with Crippen molar-refractivity contribution >= 4 is 51.9 Å². The summed E-state index contributed by atoms with van der Waals surface area (Å²) >= 11 is 7.22. The van der Waals surface area contributed by atoms with E-state index >= 15 is 0 Å². The summed E-state index contributed by atoms with van der Waals surface area (Å²) in [5, 5.41) is 28.8. The van der Waals surface area contributed by atoms with E-state index in [1.54, 1.807) is 19.1 Å². The standard InChI is InChI=1S/C26H25ClN6O2S/c1-3-14-33-24(16-28-20-11-9-19(27)10-12-20)30-32-26(33)36-17(2)25(35)31-29-15-22-21-7-5-4-6-18(21)8-13-23(22)34/h3-13,15,17,28,34H,1,14,16H2,2H3,(H,31,35)/t17-/m0/s1. The number of carbonyl (C=O) groups excluding carboxylic acids is 1. The van der Waals surface area contributed by atoms with Crippen LogP contribution >= 0.6 is 23.4 Å². The summed E-state index contributed by atoms with van der Waals surface area (Å²) in [5.41, 5.74) is 4.00. The topological polar surface area (TPSA) is 104 Å². The summed E-state index contributed by atoms with van der Waals surface area (Å²) in [5.74, 6) is 0.501. The highest BCUT2D eigenvalue weighted by atomic mass is 35.5. The third-order valence-electron chi connectivity index (χ3n) is 5.37. The maximum atomic E-state index is 12.7. The Morgan fingerprint density at radius 2 is 1.97 bits per heavy atom. The van der Waals surface area contributed by atoms with Gasteiger partial charge >= 0.3 is 0 Å². The fourth-order valence-corrected chi connectivity index (χ4v) is 4.48. The molecule has 0 unspecified atom stereocenters. The number of benzene rings is 3. The Morgan fingerprint density at radius 3 is 2.75 bits per heavy atom. The molecule has 36 heavy (non-hydrogen) atoms. The molecule has 0 aliphatic rings. The zero-order valence-electron chi connectivity index (χ0n) is 19.6. The number of allylic oxidation sites excluding steroid dienone is 1. The van der Waals surface area contributed by atoms with Gasteiger partial charge in [-0.25, -0.2) is 5.43 Å². The first kappa shape index (κ1) is 25.3. The zero-order valence-corrected chi connectivity index (χ0v) is 21.1. The lowest BCUT2D eigenvalue weighted by Gasteiger charge is -2.12. The number of amides is 1. The molecule has 0 saturated carbocycles. The molecular formula is C26H25ClN6O2S. The number of aromatic nitrogens is 3. The van der Waals surface area contributed by atoms with Crippen molar-refractivity contribution in [2.75, 3.05) is 5.32 Å². The molecule has 0 aliphatic carbocycles. The Hall–Kier alpha value is -3.82. The third kappa shape index (κ3) is 6.05. The van der Waals surface area contributed by atoms with Crippen LogP contribution in [0.5, 0.6) is 5.75 Å². The molecule has 0 saturated heterocycles. The minimum absolute atomic E-state index is 0.0892. The zero-order chi connectivity index (χ0) is 25.5. The molecular weight excluding hydrogens is 496 g/mol. The minimum atomic E-state index is -0.492. The fourth-order valence-electron chi connectivity index (χ4n) is 3.48. The van der Waals surface area contributed by atoms with Crippen LogP contribution in [0.2, 0.25) is 5.02 Å². The summed E-state index contributed by atoms with van der Waals surface area (Å²) in [7, 11) is 0. The van der Waals surface area contributed by atoms with Gasteiger partial charge < -0.3 is 15.0 Å². The van der Waals surface area contributed by atoms with Gasteiger partial charge in [-0.1, -0.05) is 59.8 Å². The van der Waals surface area contributed by atoms with Gasteiger partial charge in [0.15, 0.2) is 11.0 Å². The van der Waals surface area contributed by atoms with Gasteiger partial charge in [0.25, 0.3) is 5.91 Å². The molecule has 10 heteroatoms. The van der Waals surface area contributed by atoms with Gasteiger partial charge in [0.1, 0.15) is 5.75 Å². The molecule has 0 fully saturated rings. The molecule has 4 aromatic rings. The van der Waals surface area contributed by atoms with Gasteiger partial charge in [0, 0.05) is 22.8 Å². The molecule has 3 aromatic carbocycles. The maximum absolute atomic E-state index is 12.7. The van der Waals surface area contributed by atoms with Crippen LogP contribution in [-0.4, -0.2) is 37.2 Å². The number of halogens is 1. The van der Waals surface area contributed by atoms with Crippen LogP contribution in [0.15, 0.2) is 83.6 Å². The Bertz CT molecular complexity index is 1400. The number of phenols is 1. The summed E-state index contributed by atoms with van der Waals surface area (Å²) in [6.45, 7) is 6.53. The third-order valence-corrected chi connectivity index (χ3v) is 6.70. The van der Waals surface area contributed by atoms with Crippen molar-refractivity contribution in [2.24, 2.45) is 5.10 Å². The largest absolute Gasteiger partial charge is 0.507 e. The average Bonchev–Trinajstić information content (AvgIpc) is 3.26. The predicted molar refractivity (Wildman–Crippen MR) is 146 cm³/mol. The van der Waals surface area contributed by atoms with Crippen molar-refractivity contribution in [3.05, 3.63) is 89.7 Å². The van der Waals surface area contributed by atoms with Gasteiger partial charge in [-0.3, -0.25) is 4.79 Å². The number of hydrogen-bond acceptors (Lipinski definition) is 7. The maximum Gasteiger partial charge on any atom is 0.253 e. The van der Waals surface area contributed by atoms with Crippen LogP contribution in [0.25, 0.3) is 10.8 Å². The molecule has 184 valence electrons. The van der Waals surface area contributed by atoms with Gasteiger partial charge in [0.05, 0.1) is 18.0 Å². The van der Waals surface area contributed by atoms with E-state index in [1.807, 2.05) is 59.2 Å². The molecule has 1 aromatic heterocycles. The number of thioether (sulfide) groups is 1. The van der Waals surface area contributed by atoms with Gasteiger partial charge in [-0.05, 0) is 48.0 Å². The number of anilines is 1. The number of hydrogen-bond donors (Lipinski definition) is 3. The van der Waals surface area contributed by atoms with E-state index in [0.717, 1.165) is 16.5 Å². The van der Waals surface area contributed by atoms with E-state index in [9.17, 15) is 9.90 Å². The number of rotatable bonds is 10. The Balaban J connectivity index is 1.40. The molecule has 1 amide bonds. The molecule has 0 radical (unpaired) electrons. The van der Waals surface area contributed by atoms with E-state index in [0.29, 0.717) is 34.7 Å². The Labute approximate surface area is 218 Å². The second-order valence-corrected chi connectivity index (χ2v) is 9.62. The van der Waals surface area contributed by atoms with Gasteiger partial charge in [-0.15, -0.1) is 16.8 Å². The van der Waals surface area contributed by atoms with Crippen LogP contribution in [0.1, 0.15) is 18.3 Å². The average molecular weight is 521 g/mol. The number of nitrogens with one attached hydrogen (secondary N) is 2. The number of nitrogens with zero attached hydrogens (tertiary/aromatic N) is 4. The summed E-state index contributed by atoms with van der Waals surface area (Å²) in [6, 6.07) is 18.5. The van der Waals surface area contributed by atoms with E-state index in [-0.39, 0.29) is 11.7 Å². The first-order chi connectivity index (χ1) is 17.5. The Kier molecular flexibility index (Phi) is 8.24. The molecule has 0 spiro atoms. The van der Waals surface area contributed by atoms with Crippen LogP contribution in [-0.2, 0) is 17.9 Å². The lowest BCUT2D eigenvalue weighted by molar-refractivity contribution is -0.120. The fraction of sp³-hybridized carbons (Fsp3) is 0.154. The van der Waals surface area contributed by atoms with Crippen LogP contribution in [0.4, 0.5) is 5.69 Å². The highest BCUT2D eigenvalue weighted by Crippen LogP contribution is 2.26. The first-order valence-electron chi connectivity index (χ1n) is 11.2. The second-order valence-electron chi connectivity index (χ2n) is 7.87. The Morgan fingerprint density at radius 1 is 1.19 bits per heavy atom. The number of carbonyl (C=O) groups is 1. The molecule has 0 aliphatic heterocycles. The van der Waals surface area contributed by atoms with Crippen molar-refractivity contribution < 1.29 is 9.90 Å². The molecule has 0 bridgehead atoms. The molecule has 1 heterocycles. The van der Waals surface area contributed by atoms with Gasteiger partial charge in [-0.2, -0.15) is 5.10 Å². The monoisotopic (exact) mass is 520 g/mol. The SMILES string of the molecule is C=CCn1c(CNc2ccc(Cl)cc2)nnc1S[C@@H](C)C(=O)NN=Cc1c(O)ccc2ccccc12. The van der Waals surface area contributed by atoms with Crippen molar-refractivity contribution in [3.8, 4) is 5.75 Å². The normalized spacial score (nSPS) is 12.1. The van der Waals surface area contributed by atoms with E-state index in [2.05, 4.69) is 32.6 Å². The smallest absolute Gasteiger partial charge is 0.253 e. The van der Waals surface area contributed by atoms with E-state index < -0.39 is 5.25 Å². The minimum Gasteiger partial charge on any atom is -0.507 e. The summed E-state index contributed by atoms with van der Waals surface area (Å²) in [6.07, 6.45) is 3.21. The molecule has 8 nitrogen and oxygen atoms in total. The first-order valence-corrected chi connectivity index (χ1v) is 12.4. The van der Waals surface area contributed by atoms with Crippen molar-refractivity contribution in [1.29, 1.82) is 0 Å². The summed E-state index contributed by atoms with van der Waals surface area (Å²) in [4.78, 5) is 12.7. The van der Waals surface area contributed by atoms with E-state index in [1.165, 1.54) is 18.0 Å². The highest BCUT2D eigenvalue weighted by molar-refractivity contribution is 8.00. The lowest BCUT2D eigenvalue weighted by atomic mass is 10.0. The number of phenolic OH excluding ortho intramolecular Hbond substituents is 1. The predicted octanol–water partition coefficient (Wildman–Crippen LogP) is 5.22. The van der Waals surface area contributed by atoms with Crippen molar-refractivity contribution in [1.82, 2.24) is 20.2 Å². The molecule has 4 rings (SSSR count).